The molecule has 0 fully saturated rings. The van der Waals surface area contributed by atoms with Crippen molar-refractivity contribution >= 4 is 115 Å². The Labute approximate surface area is 483 Å². The van der Waals surface area contributed by atoms with E-state index in [1.54, 1.807) is 30.3 Å². The molecule has 2 N–H and O–H groups in total. The van der Waals surface area contributed by atoms with Crippen molar-refractivity contribution in [1.82, 2.24) is 0 Å². The molecule has 0 amide bonds. The van der Waals surface area contributed by atoms with Crippen molar-refractivity contribution in [3.05, 3.63) is 271 Å². The molecule has 0 aliphatic rings. The van der Waals surface area contributed by atoms with E-state index < -0.39 is 216 Å². The monoisotopic (exact) mass is 1050 g/mol. The van der Waals surface area contributed by atoms with E-state index in [2.05, 4.69) is 15.9 Å². The van der Waals surface area contributed by atoms with E-state index in [1.165, 1.54) is 0 Å². The van der Waals surface area contributed by atoms with Crippen molar-refractivity contribution in [2.24, 2.45) is 0 Å². The summed E-state index contributed by atoms with van der Waals surface area (Å²) < 4.78 is 259. The molecule has 0 unspecified atom stereocenters. The summed E-state index contributed by atoms with van der Waals surface area (Å²) in [6, 6.07) is 6.13. The fourth-order valence-corrected chi connectivity index (χ4v) is 9.30. The molecule has 0 radical (unpaired) electrons. The smallest absolute Gasteiger partial charge is 0.423 e. The van der Waals surface area contributed by atoms with Crippen LogP contribution in [-0.4, -0.2) is 17.2 Å². The molecule has 2 nitrogen and oxygen atoms in total. The Kier molecular flexibility index (Phi) is 7.23. The van der Waals surface area contributed by atoms with E-state index in [0.29, 0.717) is 16.4 Å². The molecule has 74 heavy (non-hydrogen) atoms. The molecular formula is C70H54BBrO2. The van der Waals surface area contributed by atoms with Crippen LogP contribution in [0.2, 0.25) is 0 Å². The average molecular weight is 1050 g/mol. The van der Waals surface area contributed by atoms with Gasteiger partial charge in [0.25, 0.3) is 0 Å². The molecular weight excluding hydrogens is 963 g/mol. The van der Waals surface area contributed by atoms with E-state index in [4.69, 9.17) is 49.8 Å². The average Bonchev–Trinajstić information content (AvgIpc) is 0.700. The highest BCUT2D eigenvalue weighted by Crippen LogP contribution is 2.46. The van der Waals surface area contributed by atoms with Gasteiger partial charge in [-0.2, -0.15) is 0 Å². The summed E-state index contributed by atoms with van der Waals surface area (Å²) in [4.78, 5) is 0. The third-order valence-electron chi connectivity index (χ3n) is 11.8. The van der Waals surface area contributed by atoms with Gasteiger partial charge >= 0.3 is 7.12 Å². The van der Waals surface area contributed by atoms with Gasteiger partial charge in [-0.1, -0.05) is 269 Å². The van der Waals surface area contributed by atoms with E-state index >= 15 is 0 Å². The highest BCUT2D eigenvalue weighted by molar-refractivity contribution is 9.10. The maximum Gasteiger partial charge on any atom is 0.489 e. The fourth-order valence-electron chi connectivity index (χ4n) is 8.71. The van der Waals surface area contributed by atoms with Gasteiger partial charge < -0.3 is 10.0 Å². The first kappa shape index (κ1) is 25.0. The van der Waals surface area contributed by atoms with Gasteiger partial charge in [0.1, 0.15) is 0 Å². The third kappa shape index (κ3) is 9.10. The van der Waals surface area contributed by atoms with Crippen LogP contribution in [0.3, 0.4) is 0 Å². The van der Waals surface area contributed by atoms with Crippen molar-refractivity contribution in [3.8, 4) is 33.4 Å². The summed E-state index contributed by atoms with van der Waals surface area (Å²) >= 11 is 3.28. The Balaban J connectivity index is 0.000000189. The minimum absolute atomic E-state index is 0. The number of fused-ring (bicyclic) bond motifs is 8. The van der Waals surface area contributed by atoms with Crippen LogP contribution in [0.4, 0.5) is 0 Å². The maximum atomic E-state index is 9.30. The second kappa shape index (κ2) is 21.4. The standard InChI is InChI=1S/C34H22.C24H15Br.C10H9BO2.2CH4/c1-2-12-25-22-26(21-20-23(25)10-1)33-29-15-5-7-17-31(29)34(32-18-8-6-16-30(32)33)28-19-9-13-24-11-3-4-14-27(24)28;25-24-21-11-5-3-9-19(21)23(20-10-4-6-12-22(20)24)18-14-13-16-7-1-2-8-17(16)15-18;12-11(13)10-7-3-5-8-4-1-2-6-9(8)10;;/h1-22H;1-15H;1-7,12-13H;2*1H4/i1D,2D,5D,6D,7D,8D,10D,12D,15D,16D,17D,18D,20D,21D,22D;1D,2D,3D,4D,5D,6D,7D,8D,9D,10D,11D,12D,13D,14D,15D;;;. The lowest BCUT2D eigenvalue weighted by atomic mass is 9.77. The van der Waals surface area contributed by atoms with Crippen LogP contribution in [0.1, 0.15) is 56.0 Å². The number of rotatable bonds is 4. The lowest BCUT2D eigenvalue weighted by molar-refractivity contribution is 0.426. The number of hydrogen-bond acceptors (Lipinski definition) is 2. The van der Waals surface area contributed by atoms with Gasteiger partial charge in [0.15, 0.2) is 0 Å². The van der Waals surface area contributed by atoms with Crippen LogP contribution in [0, 0.1) is 0 Å². The Morgan fingerprint density at radius 1 is 0.311 bits per heavy atom. The largest absolute Gasteiger partial charge is 0.489 e. The molecule has 0 atom stereocenters. The SMILES string of the molecule is C.C.OB(O)c1cccc2ccccc12.[2H]c1c([2H])c([2H])c2c([2H])c(-c3c4c([2H])c([2H])c([2H])c([2H])c4c(-c4cccc5ccccc45)c4c([2H])c([2H])c([2H])c([2H])c34)c([2H])c([2H])c2c1[2H].[2H]c1c([2H])c([2H])c2c([2H])c(-c3c4c([2H])c([2H])c([2H])c([2H])c4c(Br)c4c([2H])c([2H])c([2H])c([2H])c34)c([2H])c([2H])c2c1[2H]. The first-order chi connectivity index (χ1) is 48.0. The molecule has 0 aliphatic carbocycles. The Bertz CT molecular complexity index is 5980. The van der Waals surface area contributed by atoms with Gasteiger partial charge in [0.2, 0.25) is 0 Å². The predicted octanol–water partition coefficient (Wildman–Crippen LogP) is 19.0. The molecule has 14 aromatic rings. The van der Waals surface area contributed by atoms with Crippen LogP contribution in [-0.2, 0) is 0 Å². The summed E-state index contributed by atoms with van der Waals surface area (Å²) in [6.07, 6.45) is 0. The summed E-state index contributed by atoms with van der Waals surface area (Å²) in [5.74, 6) is 0. The van der Waals surface area contributed by atoms with Crippen molar-refractivity contribution in [2.45, 2.75) is 14.9 Å². The Morgan fingerprint density at radius 2 is 0.662 bits per heavy atom. The molecule has 14 aromatic carbocycles. The first-order valence-corrected chi connectivity index (χ1v) is 22.7. The normalized spacial score (nSPS) is 16.6. The van der Waals surface area contributed by atoms with E-state index in [1.807, 2.05) is 54.6 Å². The maximum absolute atomic E-state index is 9.30. The second-order valence-corrected chi connectivity index (χ2v) is 16.7. The van der Waals surface area contributed by atoms with E-state index in [-0.39, 0.29) is 84.5 Å². The highest BCUT2D eigenvalue weighted by atomic mass is 79.9. The molecule has 0 bridgehead atoms. The number of halogens is 1. The number of benzene rings is 14. The van der Waals surface area contributed by atoms with Crippen molar-refractivity contribution < 1.29 is 51.2 Å². The summed E-state index contributed by atoms with van der Waals surface area (Å²) in [7, 11) is -1.40. The van der Waals surface area contributed by atoms with Crippen LogP contribution in [0.5, 0.6) is 0 Å². The van der Waals surface area contributed by atoms with E-state index in [0.717, 1.165) is 16.2 Å². The van der Waals surface area contributed by atoms with Gasteiger partial charge in [-0.05, 0) is 153 Å². The second-order valence-electron chi connectivity index (χ2n) is 15.9. The molecule has 0 aromatic heterocycles. The Morgan fingerprint density at radius 3 is 1.14 bits per heavy atom. The highest BCUT2D eigenvalue weighted by Gasteiger charge is 2.19. The van der Waals surface area contributed by atoms with Gasteiger partial charge in [0, 0.05) is 4.47 Å². The zero-order chi connectivity index (χ0) is 74.7. The molecule has 0 saturated carbocycles. The van der Waals surface area contributed by atoms with Crippen LogP contribution < -0.4 is 5.46 Å². The molecule has 4 heteroatoms. The van der Waals surface area contributed by atoms with Gasteiger partial charge in [-0.3, -0.25) is 0 Å². The van der Waals surface area contributed by atoms with Gasteiger partial charge in [-0.25, -0.2) is 0 Å². The van der Waals surface area contributed by atoms with Crippen LogP contribution in [0.15, 0.2) is 271 Å². The molecule has 0 spiro atoms. The lowest BCUT2D eigenvalue weighted by Gasteiger charge is -2.19. The van der Waals surface area contributed by atoms with Crippen molar-refractivity contribution in [2.75, 3.05) is 0 Å². The summed E-state index contributed by atoms with van der Waals surface area (Å²) in [6.45, 7) is 0. The molecule has 0 heterocycles. The minimum Gasteiger partial charge on any atom is -0.423 e. The molecule has 0 aliphatic heterocycles. The quantitative estimate of drug-likeness (QED) is 0.136. The zero-order valence-corrected chi connectivity index (χ0v) is 38.5. The molecule has 14 rings (SSSR count). The Hall–Kier alpha value is -8.38. The van der Waals surface area contributed by atoms with Crippen molar-refractivity contribution in [3.63, 3.8) is 0 Å². The fraction of sp³-hybridized carbons (Fsp3) is 0.0286. The number of hydrogen-bond donors (Lipinski definition) is 2. The minimum atomic E-state index is -1.40. The topological polar surface area (TPSA) is 40.5 Å². The first-order valence-electron chi connectivity index (χ1n) is 36.9. The third-order valence-corrected chi connectivity index (χ3v) is 12.6. The predicted molar refractivity (Wildman–Crippen MR) is 327 cm³/mol. The summed E-state index contributed by atoms with van der Waals surface area (Å²) in [5.41, 5.74) is -0.594. The lowest BCUT2D eigenvalue weighted by Crippen LogP contribution is -2.30. The zero-order valence-electron chi connectivity index (χ0n) is 66.9. The van der Waals surface area contributed by atoms with E-state index in [9.17, 15) is 1.37 Å². The van der Waals surface area contributed by atoms with Crippen LogP contribution in [0.25, 0.3) is 120 Å². The molecule has 356 valence electrons. The van der Waals surface area contributed by atoms with Gasteiger partial charge in [0.05, 0.1) is 41.1 Å². The summed E-state index contributed by atoms with van der Waals surface area (Å²) in [5, 5.41) is 18.1. The molecule has 0 saturated heterocycles. The van der Waals surface area contributed by atoms with Gasteiger partial charge in [-0.15, -0.1) is 0 Å². The van der Waals surface area contributed by atoms with Crippen molar-refractivity contribution in [1.29, 1.82) is 0 Å². The van der Waals surface area contributed by atoms with Crippen LogP contribution >= 0.6 is 15.9 Å².